The average molecular weight is 862 g/mol. The molecule has 15 nitrogen and oxygen atoms in total. The molecule has 3 aromatic carbocycles. The molecular weight excluding hydrogens is 810 g/mol. The molecule has 2 unspecified atom stereocenters. The SMILES string of the molecule is CC(NC(=O)[C@@H]1Cc2cc(CCCCCCc3ccc4c(c3)n(C)c(=O)n4C3CCC(=O)NC3=O)cc3c2N1C(=O)[C@@H](N)CC3)C(=O)NCc1ccc(S(C)(=O)=O)cc1.Cl. The number of nitrogens with zero attached hydrogens (tertiary/aromatic N) is 3. The van der Waals surface area contributed by atoms with E-state index in [2.05, 4.69) is 28.1 Å². The number of halogens is 1. The van der Waals surface area contributed by atoms with E-state index in [1.54, 1.807) is 30.7 Å². The molecule has 0 radical (unpaired) electrons. The number of carbonyl (C=O) groups is 5. The number of fused-ring (bicyclic) bond motifs is 1. The first-order chi connectivity index (χ1) is 28.1. The number of benzene rings is 3. The summed E-state index contributed by atoms with van der Waals surface area (Å²) in [6.45, 7) is 1.72. The molecule has 1 aromatic heterocycles. The summed E-state index contributed by atoms with van der Waals surface area (Å²) >= 11 is 0. The Morgan fingerprint density at radius 2 is 1.53 bits per heavy atom. The topological polar surface area (TPSA) is 212 Å². The fraction of sp³-hybridized carbons (Fsp3) is 0.442. The van der Waals surface area contributed by atoms with Crippen LogP contribution < -0.4 is 32.3 Å². The second-order valence-corrected chi connectivity index (χ2v) is 18.1. The van der Waals surface area contributed by atoms with Crippen LogP contribution >= 0.6 is 12.4 Å². The van der Waals surface area contributed by atoms with Gasteiger partial charge in [0.1, 0.15) is 18.1 Å². The Morgan fingerprint density at radius 1 is 0.867 bits per heavy atom. The van der Waals surface area contributed by atoms with Crippen molar-refractivity contribution in [1.29, 1.82) is 0 Å². The van der Waals surface area contributed by atoms with Crippen LogP contribution in [-0.4, -0.2) is 71.5 Å². The zero-order valence-electron chi connectivity index (χ0n) is 34.0. The number of sulfone groups is 1. The van der Waals surface area contributed by atoms with Crippen LogP contribution in [0, 0.1) is 0 Å². The van der Waals surface area contributed by atoms with Gasteiger partial charge in [0.15, 0.2) is 9.84 Å². The van der Waals surface area contributed by atoms with Gasteiger partial charge in [0.2, 0.25) is 29.5 Å². The molecule has 4 atom stereocenters. The number of hydrogen-bond donors (Lipinski definition) is 4. The molecule has 3 aliphatic rings. The Bertz CT molecular complexity index is 2520. The minimum absolute atomic E-state index is 0. The lowest BCUT2D eigenvalue weighted by Gasteiger charge is -2.27. The number of piperidine rings is 1. The van der Waals surface area contributed by atoms with E-state index in [4.69, 9.17) is 5.73 Å². The first-order valence-corrected chi connectivity index (χ1v) is 22.1. The van der Waals surface area contributed by atoms with Gasteiger partial charge in [-0.3, -0.25) is 43.3 Å². The van der Waals surface area contributed by atoms with Crippen molar-refractivity contribution >= 4 is 68.5 Å². The van der Waals surface area contributed by atoms with Gasteiger partial charge in [0.05, 0.1) is 27.7 Å². The molecular formula is C43H52ClN7O8S. The van der Waals surface area contributed by atoms with E-state index in [1.165, 1.54) is 21.6 Å². The lowest BCUT2D eigenvalue weighted by atomic mass is 9.95. The molecule has 0 saturated carbocycles. The smallest absolute Gasteiger partial charge is 0.329 e. The fourth-order valence-electron chi connectivity index (χ4n) is 8.55. The summed E-state index contributed by atoms with van der Waals surface area (Å²) in [4.78, 5) is 79.3. The summed E-state index contributed by atoms with van der Waals surface area (Å²) in [6.07, 6.45) is 8.62. The van der Waals surface area contributed by atoms with Crippen LogP contribution in [0.1, 0.15) is 85.7 Å². The minimum Gasteiger partial charge on any atom is -0.350 e. The molecule has 1 fully saturated rings. The molecule has 3 aliphatic heterocycles. The Hall–Kier alpha value is -5.32. The molecule has 320 valence electrons. The van der Waals surface area contributed by atoms with Gasteiger partial charge in [-0.05, 0) is 104 Å². The molecule has 4 heterocycles. The summed E-state index contributed by atoms with van der Waals surface area (Å²) in [5, 5.41) is 7.91. The summed E-state index contributed by atoms with van der Waals surface area (Å²) < 4.78 is 26.6. The van der Waals surface area contributed by atoms with E-state index in [0.717, 1.165) is 78.2 Å². The Balaban J connectivity index is 0.00000604. The van der Waals surface area contributed by atoms with E-state index < -0.39 is 51.7 Å². The predicted octanol–water partition coefficient (Wildman–Crippen LogP) is 2.84. The van der Waals surface area contributed by atoms with Gasteiger partial charge in [-0.15, -0.1) is 12.4 Å². The van der Waals surface area contributed by atoms with Crippen molar-refractivity contribution in [2.75, 3.05) is 11.2 Å². The van der Waals surface area contributed by atoms with Crippen molar-refractivity contribution in [3.05, 3.63) is 92.9 Å². The third kappa shape index (κ3) is 9.20. The first kappa shape index (κ1) is 44.2. The van der Waals surface area contributed by atoms with Crippen molar-refractivity contribution in [3.63, 3.8) is 0 Å². The number of aryl methyl sites for hydroxylation is 4. The number of rotatable bonds is 14. The maximum Gasteiger partial charge on any atom is 0.329 e. The summed E-state index contributed by atoms with van der Waals surface area (Å²) in [6, 6.07) is 13.1. The predicted molar refractivity (Wildman–Crippen MR) is 228 cm³/mol. The van der Waals surface area contributed by atoms with Crippen LogP contribution in [0.5, 0.6) is 0 Å². The lowest BCUT2D eigenvalue weighted by Crippen LogP contribution is -2.55. The first-order valence-electron chi connectivity index (χ1n) is 20.2. The Labute approximate surface area is 354 Å². The van der Waals surface area contributed by atoms with Crippen molar-refractivity contribution in [2.45, 2.75) is 113 Å². The van der Waals surface area contributed by atoms with E-state index in [1.807, 2.05) is 18.2 Å². The zero-order valence-corrected chi connectivity index (χ0v) is 35.6. The van der Waals surface area contributed by atoms with Gasteiger partial charge in [-0.25, -0.2) is 13.2 Å². The molecule has 1 saturated heterocycles. The number of unbranched alkanes of at least 4 members (excludes halogenated alkanes) is 3. The molecule has 5 N–H and O–H groups in total. The highest BCUT2D eigenvalue weighted by molar-refractivity contribution is 7.90. The Morgan fingerprint density at radius 3 is 2.22 bits per heavy atom. The molecule has 5 amide bonds. The molecule has 60 heavy (non-hydrogen) atoms. The van der Waals surface area contributed by atoms with Crippen LogP contribution in [0.2, 0.25) is 0 Å². The molecule has 17 heteroatoms. The summed E-state index contributed by atoms with van der Waals surface area (Å²) in [5.74, 6) is -1.94. The number of carbonyl (C=O) groups excluding carboxylic acids is 5. The molecule has 4 aromatic rings. The number of imidazole rings is 1. The highest BCUT2D eigenvalue weighted by Gasteiger charge is 2.43. The average Bonchev–Trinajstić information content (AvgIpc) is 3.66. The van der Waals surface area contributed by atoms with Crippen molar-refractivity contribution < 1.29 is 32.4 Å². The van der Waals surface area contributed by atoms with E-state index in [0.29, 0.717) is 36.8 Å². The van der Waals surface area contributed by atoms with Crippen LogP contribution in [0.15, 0.2) is 64.3 Å². The minimum atomic E-state index is -3.34. The van der Waals surface area contributed by atoms with Crippen LogP contribution in [0.4, 0.5) is 5.69 Å². The van der Waals surface area contributed by atoms with Crippen molar-refractivity contribution in [2.24, 2.45) is 12.8 Å². The van der Waals surface area contributed by atoms with Crippen molar-refractivity contribution in [1.82, 2.24) is 25.1 Å². The highest BCUT2D eigenvalue weighted by Crippen LogP contribution is 2.40. The standard InChI is InChI=1S/C43H51N7O8S.ClH/c1-25(39(52)45-24-27-10-14-31(15-11-27)59(3,57)58)46-41(54)36-23-30-21-28(20-29-13-16-32(44)42(55)50(36)38(29)30)9-7-5-4-6-8-26-12-17-33-35(22-26)48(2)43(56)49(33)34-18-19-37(51)47-40(34)53;/h10-12,14-15,17,20-22,25,32,34,36H,4-9,13,16,18-19,23-24,44H2,1-3H3,(H,45,52)(H,46,54)(H,47,51,53);1H/t25?,32-,34?,36-;/m0./s1. The van der Waals surface area contributed by atoms with E-state index in [9.17, 15) is 37.2 Å². The van der Waals surface area contributed by atoms with Gasteiger partial charge < -0.3 is 16.4 Å². The third-order valence-corrected chi connectivity index (χ3v) is 12.9. The maximum absolute atomic E-state index is 13.7. The number of hydrogen-bond acceptors (Lipinski definition) is 9. The normalized spacial score (nSPS) is 19.3. The number of nitrogens with two attached hydrogens (primary N) is 1. The fourth-order valence-corrected chi connectivity index (χ4v) is 9.18. The van der Waals surface area contributed by atoms with Crippen molar-refractivity contribution in [3.8, 4) is 0 Å². The summed E-state index contributed by atoms with van der Waals surface area (Å²) in [5.41, 5.74) is 13.1. The zero-order chi connectivity index (χ0) is 42.2. The lowest BCUT2D eigenvalue weighted by molar-refractivity contribution is -0.135. The monoisotopic (exact) mass is 861 g/mol. The highest BCUT2D eigenvalue weighted by atomic mass is 35.5. The van der Waals surface area contributed by atoms with Crippen LogP contribution in [0.3, 0.4) is 0 Å². The second kappa shape index (κ2) is 18.1. The second-order valence-electron chi connectivity index (χ2n) is 16.1. The van der Waals surface area contributed by atoms with Gasteiger partial charge >= 0.3 is 5.69 Å². The number of imide groups is 1. The Kier molecular flexibility index (Phi) is 13.4. The number of amides is 5. The molecule has 7 rings (SSSR count). The molecule has 0 bridgehead atoms. The molecule has 0 spiro atoms. The van der Waals surface area contributed by atoms with Crippen LogP contribution in [0.25, 0.3) is 11.0 Å². The van der Waals surface area contributed by atoms with Gasteiger partial charge in [0, 0.05) is 32.7 Å². The van der Waals surface area contributed by atoms with E-state index in [-0.39, 0.29) is 47.8 Å². The quantitative estimate of drug-likeness (QED) is 0.108. The van der Waals surface area contributed by atoms with E-state index >= 15 is 0 Å². The molecule has 0 aliphatic carbocycles. The number of aromatic nitrogens is 2. The van der Waals surface area contributed by atoms with Gasteiger partial charge in [-0.1, -0.05) is 43.2 Å². The van der Waals surface area contributed by atoms with Crippen LogP contribution in [-0.2, 0) is 73.1 Å². The largest absolute Gasteiger partial charge is 0.350 e. The summed E-state index contributed by atoms with van der Waals surface area (Å²) in [7, 11) is -1.64. The number of anilines is 1. The van der Waals surface area contributed by atoms with Gasteiger partial charge in [0.25, 0.3) is 0 Å². The maximum atomic E-state index is 13.7. The third-order valence-electron chi connectivity index (χ3n) is 11.8. The van der Waals surface area contributed by atoms with Gasteiger partial charge in [-0.2, -0.15) is 0 Å². The number of nitrogens with one attached hydrogen (secondary N) is 3.